The molecule has 0 aliphatic rings. The Labute approximate surface area is 117 Å². The van der Waals surface area contributed by atoms with Gasteiger partial charge in [0.2, 0.25) is 0 Å². The molecule has 0 bridgehead atoms. The van der Waals surface area contributed by atoms with Crippen LogP contribution >= 0.6 is 11.8 Å². The van der Waals surface area contributed by atoms with E-state index in [2.05, 4.69) is 35.9 Å². The standard InChI is InChI=1S/C16H16O2S/c1-3-12-4-8-14(9-5-12)19-15-10-6-13(7-11-15)16(17)18-2/h4-11H,3H2,1-2H3. The van der Waals surface area contributed by atoms with E-state index in [4.69, 9.17) is 0 Å². The first-order chi connectivity index (χ1) is 9.22. The topological polar surface area (TPSA) is 26.3 Å². The van der Waals surface area contributed by atoms with Gasteiger partial charge >= 0.3 is 5.97 Å². The maximum absolute atomic E-state index is 11.3. The van der Waals surface area contributed by atoms with Crippen LogP contribution in [-0.2, 0) is 11.2 Å². The molecule has 0 saturated carbocycles. The van der Waals surface area contributed by atoms with Crippen LogP contribution in [0.2, 0.25) is 0 Å². The minimum absolute atomic E-state index is 0.302. The highest BCUT2D eigenvalue weighted by Crippen LogP contribution is 2.28. The average molecular weight is 272 g/mol. The molecule has 2 nitrogen and oxygen atoms in total. The van der Waals surface area contributed by atoms with Crippen molar-refractivity contribution in [1.82, 2.24) is 0 Å². The van der Waals surface area contributed by atoms with Gasteiger partial charge in [0.1, 0.15) is 0 Å². The molecule has 0 saturated heterocycles. The second-order valence-corrected chi connectivity index (χ2v) is 5.26. The predicted octanol–water partition coefficient (Wildman–Crippen LogP) is 4.19. The van der Waals surface area contributed by atoms with Gasteiger partial charge in [0.25, 0.3) is 0 Å². The Kier molecular flexibility index (Phi) is 4.63. The van der Waals surface area contributed by atoms with Crippen molar-refractivity contribution in [3.05, 3.63) is 59.7 Å². The fourth-order valence-corrected chi connectivity index (χ4v) is 2.52. The number of hydrogen-bond acceptors (Lipinski definition) is 3. The first-order valence-electron chi connectivity index (χ1n) is 6.18. The smallest absolute Gasteiger partial charge is 0.337 e. The number of carbonyl (C=O) groups excluding carboxylic acids is 1. The molecule has 0 aromatic heterocycles. The van der Waals surface area contributed by atoms with Gasteiger partial charge in [0.05, 0.1) is 12.7 Å². The Balaban J connectivity index is 2.08. The number of carbonyl (C=O) groups is 1. The molecule has 2 aromatic rings. The van der Waals surface area contributed by atoms with Crippen molar-refractivity contribution in [2.45, 2.75) is 23.1 Å². The highest BCUT2D eigenvalue weighted by Gasteiger charge is 2.04. The van der Waals surface area contributed by atoms with Crippen molar-refractivity contribution < 1.29 is 9.53 Å². The maximum atomic E-state index is 11.3. The van der Waals surface area contributed by atoms with Crippen LogP contribution < -0.4 is 0 Å². The molecule has 0 N–H and O–H groups in total. The largest absolute Gasteiger partial charge is 0.465 e. The molecular weight excluding hydrogens is 256 g/mol. The van der Waals surface area contributed by atoms with Crippen LogP contribution in [0.15, 0.2) is 58.3 Å². The molecule has 0 fully saturated rings. The Morgan fingerprint density at radius 3 is 2.00 bits per heavy atom. The van der Waals surface area contributed by atoms with Crippen LogP contribution in [0.1, 0.15) is 22.8 Å². The van der Waals surface area contributed by atoms with E-state index in [1.165, 1.54) is 17.6 Å². The van der Waals surface area contributed by atoms with E-state index in [9.17, 15) is 4.79 Å². The van der Waals surface area contributed by atoms with E-state index in [1.54, 1.807) is 23.9 Å². The Bertz CT molecular complexity index is 544. The molecule has 2 aromatic carbocycles. The predicted molar refractivity (Wildman–Crippen MR) is 77.7 cm³/mol. The monoisotopic (exact) mass is 272 g/mol. The van der Waals surface area contributed by atoms with Crippen molar-refractivity contribution in [3.8, 4) is 0 Å². The van der Waals surface area contributed by atoms with Crippen molar-refractivity contribution in [1.29, 1.82) is 0 Å². The van der Waals surface area contributed by atoms with E-state index < -0.39 is 0 Å². The summed E-state index contributed by atoms with van der Waals surface area (Å²) in [6, 6.07) is 16.0. The molecule has 0 aliphatic carbocycles. The normalized spacial score (nSPS) is 10.2. The molecule has 0 amide bonds. The third kappa shape index (κ3) is 3.61. The van der Waals surface area contributed by atoms with Gasteiger partial charge in [-0.05, 0) is 48.4 Å². The van der Waals surface area contributed by atoms with Crippen molar-refractivity contribution in [2.75, 3.05) is 7.11 Å². The molecule has 0 unspecified atom stereocenters. The van der Waals surface area contributed by atoms with Crippen LogP contribution in [0.3, 0.4) is 0 Å². The fourth-order valence-electron chi connectivity index (χ4n) is 1.71. The van der Waals surface area contributed by atoms with Gasteiger partial charge in [0, 0.05) is 9.79 Å². The second kappa shape index (κ2) is 6.43. The van der Waals surface area contributed by atoms with Crippen LogP contribution in [0.5, 0.6) is 0 Å². The number of ether oxygens (including phenoxy) is 1. The summed E-state index contributed by atoms with van der Waals surface area (Å²) >= 11 is 1.68. The van der Waals surface area contributed by atoms with Gasteiger partial charge < -0.3 is 4.74 Å². The van der Waals surface area contributed by atoms with E-state index in [0.29, 0.717) is 5.56 Å². The zero-order valence-electron chi connectivity index (χ0n) is 11.1. The summed E-state index contributed by atoms with van der Waals surface area (Å²) < 4.78 is 4.67. The summed E-state index contributed by atoms with van der Waals surface area (Å²) in [4.78, 5) is 13.6. The fraction of sp³-hybridized carbons (Fsp3) is 0.188. The second-order valence-electron chi connectivity index (χ2n) is 4.12. The van der Waals surface area contributed by atoms with E-state index >= 15 is 0 Å². The molecular formula is C16H16O2S. The van der Waals surface area contributed by atoms with Gasteiger partial charge in [-0.1, -0.05) is 30.8 Å². The van der Waals surface area contributed by atoms with Crippen molar-refractivity contribution >= 4 is 17.7 Å². The number of rotatable bonds is 4. The minimum Gasteiger partial charge on any atom is -0.465 e. The molecule has 0 aliphatic heterocycles. The Morgan fingerprint density at radius 2 is 1.53 bits per heavy atom. The lowest BCUT2D eigenvalue weighted by molar-refractivity contribution is 0.0600. The molecule has 98 valence electrons. The first kappa shape index (κ1) is 13.7. The quantitative estimate of drug-likeness (QED) is 0.781. The number of benzene rings is 2. The third-order valence-corrected chi connectivity index (χ3v) is 3.86. The molecule has 0 atom stereocenters. The van der Waals surface area contributed by atoms with Crippen LogP contribution in [0, 0.1) is 0 Å². The van der Waals surface area contributed by atoms with Crippen LogP contribution in [0.25, 0.3) is 0 Å². The van der Waals surface area contributed by atoms with Crippen LogP contribution in [-0.4, -0.2) is 13.1 Å². The minimum atomic E-state index is -0.302. The molecule has 0 radical (unpaired) electrons. The maximum Gasteiger partial charge on any atom is 0.337 e. The molecule has 3 heteroatoms. The Hall–Kier alpha value is -1.74. The average Bonchev–Trinajstić information content (AvgIpc) is 2.48. The lowest BCUT2D eigenvalue weighted by Gasteiger charge is -2.04. The highest BCUT2D eigenvalue weighted by molar-refractivity contribution is 7.99. The van der Waals surface area contributed by atoms with Gasteiger partial charge in [-0.3, -0.25) is 0 Å². The third-order valence-electron chi connectivity index (χ3n) is 2.84. The van der Waals surface area contributed by atoms with E-state index in [1.807, 2.05) is 12.1 Å². The zero-order valence-corrected chi connectivity index (χ0v) is 11.9. The molecule has 19 heavy (non-hydrogen) atoms. The zero-order chi connectivity index (χ0) is 13.7. The number of esters is 1. The first-order valence-corrected chi connectivity index (χ1v) is 6.99. The number of hydrogen-bond donors (Lipinski definition) is 0. The van der Waals surface area contributed by atoms with Gasteiger partial charge in [0.15, 0.2) is 0 Å². The van der Waals surface area contributed by atoms with Crippen molar-refractivity contribution in [2.24, 2.45) is 0 Å². The summed E-state index contributed by atoms with van der Waals surface area (Å²) in [6.45, 7) is 2.15. The summed E-state index contributed by atoms with van der Waals surface area (Å²) in [5.41, 5.74) is 1.92. The highest BCUT2D eigenvalue weighted by atomic mass is 32.2. The lowest BCUT2D eigenvalue weighted by atomic mass is 10.2. The van der Waals surface area contributed by atoms with Crippen LogP contribution in [0.4, 0.5) is 0 Å². The van der Waals surface area contributed by atoms with E-state index in [-0.39, 0.29) is 5.97 Å². The number of aryl methyl sites for hydroxylation is 1. The summed E-state index contributed by atoms with van der Waals surface area (Å²) in [5.74, 6) is -0.302. The van der Waals surface area contributed by atoms with Gasteiger partial charge in [-0.15, -0.1) is 0 Å². The van der Waals surface area contributed by atoms with Gasteiger partial charge in [-0.2, -0.15) is 0 Å². The molecule has 0 heterocycles. The van der Waals surface area contributed by atoms with E-state index in [0.717, 1.165) is 11.3 Å². The summed E-state index contributed by atoms with van der Waals surface area (Å²) in [6.07, 6.45) is 1.05. The Morgan fingerprint density at radius 1 is 1.00 bits per heavy atom. The van der Waals surface area contributed by atoms with Gasteiger partial charge in [-0.25, -0.2) is 4.79 Å². The summed E-state index contributed by atoms with van der Waals surface area (Å²) in [5, 5.41) is 0. The number of methoxy groups -OCH3 is 1. The summed E-state index contributed by atoms with van der Waals surface area (Å²) in [7, 11) is 1.39. The van der Waals surface area contributed by atoms with Crippen molar-refractivity contribution in [3.63, 3.8) is 0 Å². The SMILES string of the molecule is CCc1ccc(Sc2ccc(C(=O)OC)cc2)cc1. The molecule has 0 spiro atoms. The lowest BCUT2D eigenvalue weighted by Crippen LogP contribution is -2.00. The molecule has 2 rings (SSSR count).